The molecule has 2 rings (SSSR count). The average molecular weight is 327 g/mol. The van der Waals surface area contributed by atoms with Gasteiger partial charge in [0.15, 0.2) is 6.10 Å². The van der Waals surface area contributed by atoms with Crippen molar-refractivity contribution < 1.29 is 22.7 Å². The van der Waals surface area contributed by atoms with Crippen LogP contribution in [-0.4, -0.2) is 22.8 Å². The number of alkyl halides is 3. The third-order valence-corrected chi connectivity index (χ3v) is 3.24. The summed E-state index contributed by atoms with van der Waals surface area (Å²) in [5, 5.41) is 6.28. The monoisotopic (exact) mass is 327 g/mol. The Morgan fingerprint density at radius 3 is 2.52 bits per heavy atom. The number of halogens is 3. The second kappa shape index (κ2) is 6.82. The Bertz CT molecular complexity index is 668. The first kappa shape index (κ1) is 17.0. The van der Waals surface area contributed by atoms with Crippen molar-refractivity contribution in [2.75, 3.05) is 7.11 Å². The number of carbonyl (C=O) groups is 1. The van der Waals surface area contributed by atoms with E-state index in [1.54, 1.807) is 30.3 Å². The molecule has 0 radical (unpaired) electrons. The summed E-state index contributed by atoms with van der Waals surface area (Å²) in [4.78, 5) is 12.1. The minimum absolute atomic E-state index is 0.116. The van der Waals surface area contributed by atoms with Gasteiger partial charge in [0.2, 0.25) is 0 Å². The molecule has 1 N–H and O–H groups in total. The molecule has 23 heavy (non-hydrogen) atoms. The van der Waals surface area contributed by atoms with Gasteiger partial charge >= 0.3 is 6.18 Å². The van der Waals surface area contributed by atoms with E-state index in [-0.39, 0.29) is 12.2 Å². The zero-order chi connectivity index (χ0) is 17.0. The lowest BCUT2D eigenvalue weighted by Crippen LogP contribution is -2.30. The smallest absolute Gasteiger partial charge is 0.367 e. The highest BCUT2D eigenvalue weighted by Crippen LogP contribution is 2.29. The van der Waals surface area contributed by atoms with Crippen LogP contribution < -0.4 is 5.32 Å². The fraction of sp³-hybridized carbons (Fsp3) is 0.333. The third kappa shape index (κ3) is 4.10. The molecule has 1 aromatic heterocycles. The number of hydrogen-bond acceptors (Lipinski definition) is 3. The van der Waals surface area contributed by atoms with Gasteiger partial charge in [-0.1, -0.05) is 30.3 Å². The van der Waals surface area contributed by atoms with Crippen molar-refractivity contribution >= 4 is 5.91 Å². The summed E-state index contributed by atoms with van der Waals surface area (Å²) < 4.78 is 44.0. The Morgan fingerprint density at radius 2 is 2.00 bits per heavy atom. The molecule has 0 bridgehead atoms. The largest absolute Gasteiger partial charge is 0.433 e. The summed E-state index contributed by atoms with van der Waals surface area (Å²) in [7, 11) is 2.59. The summed E-state index contributed by atoms with van der Waals surface area (Å²) in [6, 6.07) is 9.71. The van der Waals surface area contributed by atoms with E-state index in [1.807, 2.05) is 0 Å². The molecule has 8 heteroatoms. The number of amides is 1. The van der Waals surface area contributed by atoms with Crippen molar-refractivity contribution in [2.24, 2.45) is 7.05 Å². The zero-order valence-electron chi connectivity index (χ0n) is 12.6. The van der Waals surface area contributed by atoms with E-state index >= 15 is 0 Å². The van der Waals surface area contributed by atoms with E-state index < -0.39 is 23.9 Å². The minimum Gasteiger partial charge on any atom is -0.367 e. The number of aromatic nitrogens is 2. The highest BCUT2D eigenvalue weighted by Gasteiger charge is 2.34. The van der Waals surface area contributed by atoms with E-state index in [1.165, 1.54) is 14.2 Å². The maximum absolute atomic E-state index is 12.7. The number of nitrogens with zero attached hydrogens (tertiary/aromatic N) is 2. The van der Waals surface area contributed by atoms with Gasteiger partial charge in [-0.2, -0.15) is 18.3 Å². The molecular formula is C15H16F3N3O2. The highest BCUT2D eigenvalue weighted by molar-refractivity contribution is 5.82. The summed E-state index contributed by atoms with van der Waals surface area (Å²) >= 11 is 0. The maximum Gasteiger partial charge on any atom is 0.433 e. The van der Waals surface area contributed by atoms with Gasteiger partial charge in [-0.25, -0.2) is 0 Å². The lowest BCUT2D eigenvalue weighted by Gasteiger charge is -2.15. The van der Waals surface area contributed by atoms with Crippen molar-refractivity contribution in [3.05, 3.63) is 53.3 Å². The van der Waals surface area contributed by atoms with E-state index in [4.69, 9.17) is 4.74 Å². The first-order chi connectivity index (χ1) is 10.8. The van der Waals surface area contributed by atoms with Crippen molar-refractivity contribution in [1.29, 1.82) is 0 Å². The molecule has 2 aromatic rings. The van der Waals surface area contributed by atoms with Crippen LogP contribution in [0, 0.1) is 0 Å². The number of carbonyl (C=O) groups excluding carboxylic acids is 1. The van der Waals surface area contributed by atoms with Gasteiger partial charge in [0.05, 0.1) is 12.2 Å². The normalized spacial score (nSPS) is 12.9. The number of aryl methyl sites for hydroxylation is 1. The number of ether oxygens (including phenoxy) is 1. The quantitative estimate of drug-likeness (QED) is 0.918. The van der Waals surface area contributed by atoms with Crippen molar-refractivity contribution in [2.45, 2.75) is 18.8 Å². The van der Waals surface area contributed by atoms with Gasteiger partial charge in [0, 0.05) is 14.2 Å². The Balaban J connectivity index is 2.04. The van der Waals surface area contributed by atoms with E-state index in [0.29, 0.717) is 5.56 Å². The second-order valence-corrected chi connectivity index (χ2v) is 4.89. The third-order valence-electron chi connectivity index (χ3n) is 3.24. The summed E-state index contributed by atoms with van der Waals surface area (Å²) in [5.74, 6) is -0.446. The molecule has 0 aliphatic carbocycles. The van der Waals surface area contributed by atoms with E-state index in [0.717, 1.165) is 10.7 Å². The molecule has 0 aliphatic rings. The van der Waals surface area contributed by atoms with Gasteiger partial charge in [-0.05, 0) is 11.6 Å². The van der Waals surface area contributed by atoms with Gasteiger partial charge in [-0.15, -0.1) is 0 Å². The van der Waals surface area contributed by atoms with Crippen molar-refractivity contribution in [3.63, 3.8) is 0 Å². The molecule has 1 aromatic carbocycles. The van der Waals surface area contributed by atoms with Crippen LogP contribution >= 0.6 is 0 Å². The first-order valence-corrected chi connectivity index (χ1v) is 6.78. The Labute approximate surface area is 131 Å². The number of methoxy groups -OCH3 is 1. The van der Waals surface area contributed by atoms with E-state index in [2.05, 4.69) is 10.4 Å². The van der Waals surface area contributed by atoms with Gasteiger partial charge < -0.3 is 10.1 Å². The molecule has 124 valence electrons. The Kier molecular flexibility index (Phi) is 5.05. The summed E-state index contributed by atoms with van der Waals surface area (Å²) in [5.41, 5.74) is -0.0892. The topological polar surface area (TPSA) is 56.1 Å². The van der Waals surface area contributed by atoms with Crippen LogP contribution in [-0.2, 0) is 29.3 Å². The fourth-order valence-corrected chi connectivity index (χ4v) is 2.17. The number of hydrogen-bond donors (Lipinski definition) is 1. The molecular weight excluding hydrogens is 311 g/mol. The summed E-state index contributed by atoms with van der Waals surface area (Å²) in [6.07, 6.45) is -5.31. The van der Waals surface area contributed by atoms with Crippen LogP contribution in [0.15, 0.2) is 36.4 Å². The van der Waals surface area contributed by atoms with Crippen molar-refractivity contribution in [1.82, 2.24) is 15.1 Å². The second-order valence-electron chi connectivity index (χ2n) is 4.89. The zero-order valence-corrected chi connectivity index (χ0v) is 12.6. The lowest BCUT2D eigenvalue weighted by molar-refractivity contribution is -0.143. The Morgan fingerprint density at radius 1 is 1.35 bits per heavy atom. The number of benzene rings is 1. The van der Waals surface area contributed by atoms with Crippen LogP contribution in [0.4, 0.5) is 13.2 Å². The molecule has 1 heterocycles. The van der Waals surface area contributed by atoms with Crippen LogP contribution in [0.5, 0.6) is 0 Å². The number of rotatable bonds is 5. The minimum atomic E-state index is -4.48. The van der Waals surface area contributed by atoms with Crippen LogP contribution in [0.3, 0.4) is 0 Å². The molecule has 1 amide bonds. The molecule has 0 aliphatic heterocycles. The van der Waals surface area contributed by atoms with Gasteiger partial charge in [0.1, 0.15) is 5.69 Å². The highest BCUT2D eigenvalue weighted by atomic mass is 19.4. The first-order valence-electron chi connectivity index (χ1n) is 6.78. The predicted molar refractivity (Wildman–Crippen MR) is 76.2 cm³/mol. The fourth-order valence-electron chi connectivity index (χ4n) is 2.17. The molecule has 0 saturated carbocycles. The number of nitrogens with one attached hydrogen (secondary N) is 1. The van der Waals surface area contributed by atoms with Crippen LogP contribution in [0.25, 0.3) is 0 Å². The lowest BCUT2D eigenvalue weighted by atomic mass is 10.1. The Hall–Kier alpha value is -2.35. The molecule has 1 atom stereocenters. The summed E-state index contributed by atoms with van der Waals surface area (Å²) in [6.45, 7) is -0.116. The molecule has 5 nitrogen and oxygen atoms in total. The molecule has 0 saturated heterocycles. The van der Waals surface area contributed by atoms with E-state index in [9.17, 15) is 18.0 Å². The van der Waals surface area contributed by atoms with Gasteiger partial charge in [0.25, 0.3) is 5.91 Å². The van der Waals surface area contributed by atoms with Crippen LogP contribution in [0.1, 0.15) is 23.1 Å². The SMILES string of the molecule is CO[C@@H](C(=O)NCc1cc(C(F)(F)F)n(C)n1)c1ccccc1. The van der Waals surface area contributed by atoms with Gasteiger partial charge in [-0.3, -0.25) is 9.48 Å². The molecule has 0 spiro atoms. The van der Waals surface area contributed by atoms with Crippen LogP contribution in [0.2, 0.25) is 0 Å². The van der Waals surface area contributed by atoms with Crippen molar-refractivity contribution in [3.8, 4) is 0 Å². The standard InChI is InChI=1S/C15H16F3N3O2/c1-21-12(15(16,17)18)8-11(20-21)9-19-14(22)13(23-2)10-6-4-3-5-7-10/h3-8,13H,9H2,1-2H3,(H,19,22)/t13-/m1/s1. The predicted octanol–water partition coefficient (Wildman–Crippen LogP) is 2.44. The molecule has 0 fully saturated rings. The average Bonchev–Trinajstić information content (AvgIpc) is 2.88. The maximum atomic E-state index is 12.7. The molecule has 0 unspecified atom stereocenters.